The second-order valence-corrected chi connectivity index (χ2v) is 12.5. The number of hydrogen-bond donors (Lipinski definition) is 1. The minimum atomic E-state index is 0.0858. The van der Waals surface area contributed by atoms with Gasteiger partial charge in [0.15, 0.2) is 0 Å². The molecule has 1 aliphatic carbocycles. The third-order valence-corrected chi connectivity index (χ3v) is 10.2. The highest BCUT2D eigenvalue weighted by Crippen LogP contribution is 2.42. The summed E-state index contributed by atoms with van der Waals surface area (Å²) in [5, 5.41) is 9.25. The molecule has 1 fully saturated rings. The van der Waals surface area contributed by atoms with E-state index >= 15 is 0 Å². The summed E-state index contributed by atoms with van der Waals surface area (Å²) >= 11 is 1.93. The van der Waals surface area contributed by atoms with Gasteiger partial charge >= 0.3 is 0 Å². The van der Waals surface area contributed by atoms with E-state index in [2.05, 4.69) is 138 Å². The van der Waals surface area contributed by atoms with Crippen LogP contribution in [-0.4, -0.2) is 4.57 Å². The number of para-hydroxylation sites is 1. The fraction of sp³-hybridized carbons (Fsp3) is 0.105. The summed E-state index contributed by atoms with van der Waals surface area (Å²) in [4.78, 5) is 2.80. The molecule has 1 saturated heterocycles. The molecular formula is C38H29N3S. The molecule has 9 rings (SSSR count). The largest absolute Gasteiger partial charge is 0.548 e. The molecule has 4 heteroatoms. The lowest BCUT2D eigenvalue weighted by molar-refractivity contribution is -0.927. The lowest BCUT2D eigenvalue weighted by atomic mass is 10.00. The second kappa shape index (κ2) is 9.53. The van der Waals surface area contributed by atoms with Crippen LogP contribution < -0.4 is 4.90 Å². The number of quaternary nitrogens is 1. The predicted octanol–water partition coefficient (Wildman–Crippen LogP) is 9.26. The maximum Gasteiger partial charge on any atom is 0.129 e. The number of allylic oxidation sites excluding steroid dienone is 1. The van der Waals surface area contributed by atoms with Crippen LogP contribution in [0.4, 0.5) is 5.69 Å². The molecule has 1 aliphatic heterocycles. The Labute approximate surface area is 249 Å². The fourth-order valence-corrected chi connectivity index (χ4v) is 8.21. The number of benzene rings is 5. The third kappa shape index (κ3) is 3.66. The molecule has 2 atom stereocenters. The number of hydrogen-bond acceptors (Lipinski definition) is 1. The van der Waals surface area contributed by atoms with Crippen LogP contribution in [0.1, 0.15) is 40.3 Å². The molecule has 0 spiro atoms. The molecular weight excluding hydrogens is 531 g/mol. The summed E-state index contributed by atoms with van der Waals surface area (Å²) in [6, 6.07) is 44.3. The van der Waals surface area contributed by atoms with Gasteiger partial charge in [0.2, 0.25) is 0 Å². The predicted molar refractivity (Wildman–Crippen MR) is 176 cm³/mol. The third-order valence-electron chi connectivity index (χ3n) is 9.02. The highest BCUT2D eigenvalue weighted by atomic mass is 32.1. The van der Waals surface area contributed by atoms with Crippen LogP contribution in [0.25, 0.3) is 49.0 Å². The Morgan fingerprint density at radius 2 is 1.36 bits per heavy atom. The monoisotopic (exact) mass is 559 g/mol. The van der Waals surface area contributed by atoms with Gasteiger partial charge in [-0.15, -0.1) is 11.3 Å². The van der Waals surface area contributed by atoms with Crippen molar-refractivity contribution in [2.75, 3.05) is 0 Å². The van der Waals surface area contributed by atoms with Gasteiger partial charge in [0, 0.05) is 50.5 Å². The molecule has 7 aromatic rings. The van der Waals surface area contributed by atoms with E-state index in [4.69, 9.17) is 5.32 Å². The van der Waals surface area contributed by atoms with Crippen molar-refractivity contribution in [3.8, 4) is 5.69 Å². The van der Waals surface area contributed by atoms with E-state index in [0.717, 1.165) is 12.8 Å². The molecule has 42 heavy (non-hydrogen) atoms. The first-order valence-electron chi connectivity index (χ1n) is 14.8. The summed E-state index contributed by atoms with van der Waals surface area (Å²) in [5.74, 6) is 0. The van der Waals surface area contributed by atoms with Crippen molar-refractivity contribution in [2.45, 2.75) is 25.2 Å². The van der Waals surface area contributed by atoms with Crippen molar-refractivity contribution in [2.24, 2.45) is 0 Å². The van der Waals surface area contributed by atoms with Crippen LogP contribution in [0.5, 0.6) is 0 Å². The van der Waals surface area contributed by atoms with Gasteiger partial charge in [0.1, 0.15) is 5.69 Å². The number of fused-ring (bicyclic) bond motifs is 6. The number of aromatic nitrogens is 1. The average Bonchev–Trinajstić information content (AvgIpc) is 3.56. The quantitative estimate of drug-likeness (QED) is 0.222. The minimum absolute atomic E-state index is 0.0858. The lowest BCUT2D eigenvalue weighted by Crippen LogP contribution is -3.13. The van der Waals surface area contributed by atoms with Crippen molar-refractivity contribution in [1.29, 1.82) is 0 Å². The normalized spacial score (nSPS) is 19.8. The Hall–Kier alpha value is -4.48. The Morgan fingerprint density at radius 1 is 0.667 bits per heavy atom. The van der Waals surface area contributed by atoms with E-state index in [1.165, 1.54) is 69.7 Å². The molecule has 2 aliphatic rings. The first-order chi connectivity index (χ1) is 20.8. The van der Waals surface area contributed by atoms with E-state index in [1.54, 1.807) is 0 Å². The standard InChI is InChI=1S/C38H28N3S/c1-3-11-25(12-4-1)37-39-38(26-13-5-2-6-14-26)41(37)28-21-19-27(20-22-28)40-33-17-9-7-15-29(33)31-23-32-30-16-8-10-18-35(30)42-36(32)24-34(31)40/h1-7,9-15,17-24,37-38H,8,16H2/q-1/p+1. The van der Waals surface area contributed by atoms with Gasteiger partial charge in [-0.05, 0) is 71.3 Å². The Balaban J connectivity index is 1.17. The summed E-state index contributed by atoms with van der Waals surface area (Å²) in [6.45, 7) is 0. The SMILES string of the molecule is C1=Cc2sc3cc4c(cc3c2CC1)c1ccccc1n4-c1ccc([NH+]2C(c3ccccc3)[N-]C2c2ccccc2)cc1. The number of nitrogens with zero attached hydrogens (tertiary/aromatic N) is 2. The van der Waals surface area contributed by atoms with E-state index in [0.29, 0.717) is 0 Å². The fourth-order valence-electron chi connectivity index (χ4n) is 7.02. The maximum atomic E-state index is 5.18. The number of aryl methyl sites for hydroxylation is 1. The first kappa shape index (κ1) is 24.2. The highest BCUT2D eigenvalue weighted by Gasteiger charge is 2.34. The van der Waals surface area contributed by atoms with E-state index in [-0.39, 0.29) is 12.3 Å². The second-order valence-electron chi connectivity index (χ2n) is 11.4. The lowest BCUT2D eigenvalue weighted by Gasteiger charge is -2.58. The van der Waals surface area contributed by atoms with Crippen LogP contribution in [-0.2, 0) is 6.42 Å². The maximum absolute atomic E-state index is 5.18. The molecule has 2 aromatic heterocycles. The van der Waals surface area contributed by atoms with Crippen LogP contribution in [0.3, 0.4) is 0 Å². The molecule has 0 amide bonds. The van der Waals surface area contributed by atoms with Gasteiger partial charge in [0.05, 0.1) is 11.0 Å². The molecule has 5 aromatic carbocycles. The minimum Gasteiger partial charge on any atom is -0.548 e. The van der Waals surface area contributed by atoms with Crippen LogP contribution >= 0.6 is 11.3 Å². The van der Waals surface area contributed by atoms with Crippen molar-refractivity contribution >= 4 is 55.0 Å². The van der Waals surface area contributed by atoms with Gasteiger partial charge in [0.25, 0.3) is 0 Å². The van der Waals surface area contributed by atoms with Crippen LogP contribution in [0.15, 0.2) is 127 Å². The Morgan fingerprint density at radius 3 is 2.10 bits per heavy atom. The summed E-state index contributed by atoms with van der Waals surface area (Å²) < 4.78 is 3.82. The van der Waals surface area contributed by atoms with E-state index in [9.17, 15) is 0 Å². The van der Waals surface area contributed by atoms with Crippen molar-refractivity contribution in [3.05, 3.63) is 154 Å². The highest BCUT2D eigenvalue weighted by molar-refractivity contribution is 7.20. The van der Waals surface area contributed by atoms with Crippen molar-refractivity contribution in [3.63, 3.8) is 0 Å². The smallest absolute Gasteiger partial charge is 0.129 e. The van der Waals surface area contributed by atoms with Gasteiger partial charge in [-0.3, -0.25) is 0 Å². The van der Waals surface area contributed by atoms with Crippen LogP contribution in [0.2, 0.25) is 0 Å². The molecule has 3 nitrogen and oxygen atoms in total. The zero-order valence-corrected chi connectivity index (χ0v) is 23.9. The van der Waals surface area contributed by atoms with E-state index in [1.807, 2.05) is 11.3 Å². The zero-order valence-electron chi connectivity index (χ0n) is 23.1. The van der Waals surface area contributed by atoms with Gasteiger partial charge in [-0.2, -0.15) is 0 Å². The van der Waals surface area contributed by atoms with E-state index < -0.39 is 0 Å². The molecule has 2 unspecified atom stereocenters. The summed E-state index contributed by atoms with van der Waals surface area (Å²) in [6.07, 6.45) is 7.07. The van der Waals surface area contributed by atoms with Gasteiger partial charge in [-0.1, -0.05) is 84.9 Å². The molecule has 0 radical (unpaired) electrons. The number of nitrogens with one attached hydrogen (secondary N) is 1. The molecule has 1 N–H and O–H groups in total. The topological polar surface area (TPSA) is 23.5 Å². The first-order valence-corrected chi connectivity index (χ1v) is 15.6. The van der Waals surface area contributed by atoms with Gasteiger partial charge < -0.3 is 14.8 Å². The molecule has 3 heterocycles. The average molecular weight is 560 g/mol. The Kier molecular flexibility index (Phi) is 5.48. The van der Waals surface area contributed by atoms with Crippen molar-refractivity contribution < 1.29 is 4.90 Å². The Bertz CT molecular complexity index is 2080. The van der Waals surface area contributed by atoms with Crippen LogP contribution in [0, 0.1) is 0 Å². The molecule has 202 valence electrons. The number of thiophene rings is 1. The number of rotatable bonds is 4. The molecule has 0 saturated carbocycles. The molecule has 0 bridgehead atoms. The van der Waals surface area contributed by atoms with Gasteiger partial charge in [-0.25, -0.2) is 0 Å². The summed E-state index contributed by atoms with van der Waals surface area (Å²) in [7, 11) is 0. The van der Waals surface area contributed by atoms with Crippen molar-refractivity contribution in [1.82, 2.24) is 4.57 Å². The zero-order chi connectivity index (χ0) is 27.6. The summed E-state index contributed by atoms with van der Waals surface area (Å²) in [5.41, 5.74) is 9.00.